The van der Waals surface area contributed by atoms with Gasteiger partial charge < -0.3 is 4.98 Å². The van der Waals surface area contributed by atoms with Crippen molar-refractivity contribution >= 4 is 12.2 Å². The first kappa shape index (κ1) is 10.1. The maximum Gasteiger partial charge on any atom is 0.182 e. The molecule has 0 amide bonds. The Kier molecular flexibility index (Phi) is 2.44. The number of nitrogens with zero attached hydrogens (tertiary/aromatic N) is 1. The third kappa shape index (κ3) is 1.85. The molecule has 15 heavy (non-hydrogen) atoms. The van der Waals surface area contributed by atoms with Crippen LogP contribution in [0.25, 0.3) is 5.69 Å². The van der Waals surface area contributed by atoms with Gasteiger partial charge in [-0.15, -0.1) is 0 Å². The first-order valence-electron chi connectivity index (χ1n) is 4.62. The van der Waals surface area contributed by atoms with E-state index in [1.807, 2.05) is 30.7 Å². The number of halogens is 1. The molecule has 4 heteroatoms. The second kappa shape index (κ2) is 3.62. The van der Waals surface area contributed by atoms with E-state index in [4.69, 9.17) is 12.2 Å². The number of aromatic amines is 1. The average molecular weight is 222 g/mol. The Bertz CT molecular complexity index is 534. The topological polar surface area (TPSA) is 20.7 Å². The Morgan fingerprint density at radius 3 is 2.53 bits per heavy atom. The van der Waals surface area contributed by atoms with Crippen molar-refractivity contribution in [1.29, 1.82) is 0 Å². The van der Waals surface area contributed by atoms with Crippen molar-refractivity contribution < 1.29 is 4.39 Å². The highest BCUT2D eigenvalue weighted by Crippen LogP contribution is 2.15. The second-order valence-corrected chi connectivity index (χ2v) is 3.94. The summed E-state index contributed by atoms with van der Waals surface area (Å²) >= 11 is 5.13. The van der Waals surface area contributed by atoms with Gasteiger partial charge in [0.25, 0.3) is 0 Å². The second-order valence-electron chi connectivity index (χ2n) is 3.56. The molecular formula is C11H11FN2S. The summed E-state index contributed by atoms with van der Waals surface area (Å²) in [7, 11) is 0. The lowest BCUT2D eigenvalue weighted by molar-refractivity contribution is 0.625. The van der Waals surface area contributed by atoms with Gasteiger partial charge in [-0.1, -0.05) is 0 Å². The van der Waals surface area contributed by atoms with Crippen LogP contribution in [0.2, 0.25) is 0 Å². The van der Waals surface area contributed by atoms with E-state index in [0.717, 1.165) is 16.9 Å². The van der Waals surface area contributed by atoms with Crippen molar-refractivity contribution in [2.75, 3.05) is 0 Å². The fraction of sp³-hybridized carbons (Fsp3) is 0.182. The lowest BCUT2D eigenvalue weighted by Crippen LogP contribution is -1.97. The minimum atomic E-state index is -0.243. The molecule has 0 fully saturated rings. The van der Waals surface area contributed by atoms with Gasteiger partial charge in [-0.25, -0.2) is 4.39 Å². The first-order valence-corrected chi connectivity index (χ1v) is 5.03. The van der Waals surface area contributed by atoms with Crippen molar-refractivity contribution in [2.45, 2.75) is 13.8 Å². The summed E-state index contributed by atoms with van der Waals surface area (Å²) in [5.41, 5.74) is 2.61. The van der Waals surface area contributed by atoms with Crippen LogP contribution in [-0.2, 0) is 0 Å². The molecule has 2 aromatic rings. The zero-order valence-electron chi connectivity index (χ0n) is 8.54. The Morgan fingerprint density at radius 1 is 1.27 bits per heavy atom. The quantitative estimate of drug-likeness (QED) is 0.734. The van der Waals surface area contributed by atoms with Gasteiger partial charge in [0, 0.05) is 11.9 Å². The SMILES string of the molecule is Cc1cc(F)cc(-n2c(C)c[nH]c2=S)c1. The maximum absolute atomic E-state index is 13.2. The molecule has 0 aliphatic carbocycles. The molecule has 1 N–H and O–H groups in total. The number of rotatable bonds is 1. The van der Waals surface area contributed by atoms with Crippen LogP contribution < -0.4 is 0 Å². The van der Waals surface area contributed by atoms with Crippen molar-refractivity contribution in [3.8, 4) is 5.69 Å². The Balaban J connectivity index is 2.69. The summed E-state index contributed by atoms with van der Waals surface area (Å²) in [4.78, 5) is 2.93. The molecule has 0 unspecified atom stereocenters. The Morgan fingerprint density at radius 2 is 2.00 bits per heavy atom. The maximum atomic E-state index is 13.2. The number of benzene rings is 1. The van der Waals surface area contributed by atoms with Gasteiger partial charge in [0.1, 0.15) is 5.82 Å². The highest BCUT2D eigenvalue weighted by atomic mass is 32.1. The molecule has 0 radical (unpaired) electrons. The number of imidazole rings is 1. The fourth-order valence-electron chi connectivity index (χ4n) is 1.62. The van der Waals surface area contributed by atoms with Crippen LogP contribution in [0.15, 0.2) is 24.4 Å². The summed E-state index contributed by atoms with van der Waals surface area (Å²) in [6, 6.07) is 4.87. The molecule has 0 aliphatic rings. The first-order chi connectivity index (χ1) is 7.08. The fourth-order valence-corrected chi connectivity index (χ4v) is 1.93. The van der Waals surface area contributed by atoms with E-state index in [1.165, 1.54) is 12.1 Å². The van der Waals surface area contributed by atoms with Crippen LogP contribution in [0.5, 0.6) is 0 Å². The average Bonchev–Trinajstić information content (AvgIpc) is 2.44. The smallest absolute Gasteiger partial charge is 0.182 e. The van der Waals surface area contributed by atoms with Gasteiger partial charge in [-0.05, 0) is 49.8 Å². The molecule has 0 saturated heterocycles. The molecule has 2 rings (SSSR count). The molecule has 0 bridgehead atoms. The Labute approximate surface area is 92.4 Å². The van der Waals surface area contributed by atoms with Crippen LogP contribution in [-0.4, -0.2) is 9.55 Å². The number of hydrogen-bond donors (Lipinski definition) is 1. The number of aromatic nitrogens is 2. The van der Waals surface area contributed by atoms with E-state index in [2.05, 4.69) is 4.98 Å². The normalized spacial score (nSPS) is 10.6. The monoisotopic (exact) mass is 222 g/mol. The highest BCUT2D eigenvalue weighted by Gasteiger charge is 2.04. The van der Waals surface area contributed by atoms with Gasteiger partial charge in [0.15, 0.2) is 4.77 Å². The van der Waals surface area contributed by atoms with E-state index in [-0.39, 0.29) is 5.82 Å². The predicted molar refractivity (Wildman–Crippen MR) is 60.4 cm³/mol. The lowest BCUT2D eigenvalue weighted by Gasteiger charge is -2.06. The van der Waals surface area contributed by atoms with Crippen molar-refractivity contribution in [3.05, 3.63) is 46.2 Å². The minimum absolute atomic E-state index is 0.243. The van der Waals surface area contributed by atoms with Gasteiger partial charge in [-0.2, -0.15) is 0 Å². The molecule has 1 heterocycles. The van der Waals surface area contributed by atoms with Crippen LogP contribution >= 0.6 is 12.2 Å². The van der Waals surface area contributed by atoms with E-state index in [1.54, 1.807) is 0 Å². The third-order valence-corrected chi connectivity index (χ3v) is 2.55. The zero-order chi connectivity index (χ0) is 11.0. The standard InChI is InChI=1S/C11H11FN2S/c1-7-3-9(12)5-10(4-7)14-8(2)6-13-11(14)15/h3-6H,1-2H3,(H,13,15). The predicted octanol–water partition coefficient (Wildman–Crippen LogP) is 3.29. The molecule has 0 saturated carbocycles. The van der Waals surface area contributed by atoms with Crippen LogP contribution in [0.4, 0.5) is 4.39 Å². The van der Waals surface area contributed by atoms with Gasteiger partial charge in [-0.3, -0.25) is 4.57 Å². The minimum Gasteiger partial charge on any atom is -0.337 e. The van der Waals surface area contributed by atoms with E-state index >= 15 is 0 Å². The van der Waals surface area contributed by atoms with Gasteiger partial charge in [0.2, 0.25) is 0 Å². The van der Waals surface area contributed by atoms with E-state index in [9.17, 15) is 4.39 Å². The van der Waals surface area contributed by atoms with Gasteiger partial charge in [0.05, 0.1) is 5.69 Å². The van der Waals surface area contributed by atoms with Crippen LogP contribution in [0, 0.1) is 24.4 Å². The number of aryl methyl sites for hydroxylation is 2. The summed E-state index contributed by atoms with van der Waals surface area (Å²) < 4.78 is 15.6. The molecular weight excluding hydrogens is 211 g/mol. The van der Waals surface area contributed by atoms with Crippen molar-refractivity contribution in [2.24, 2.45) is 0 Å². The van der Waals surface area contributed by atoms with Crippen molar-refractivity contribution in [3.63, 3.8) is 0 Å². The van der Waals surface area contributed by atoms with E-state index in [0.29, 0.717) is 4.77 Å². The third-order valence-electron chi connectivity index (χ3n) is 2.25. The molecule has 1 aromatic carbocycles. The molecule has 1 aromatic heterocycles. The number of nitrogens with one attached hydrogen (secondary N) is 1. The zero-order valence-corrected chi connectivity index (χ0v) is 9.36. The van der Waals surface area contributed by atoms with Crippen LogP contribution in [0.3, 0.4) is 0 Å². The number of H-pyrrole nitrogens is 1. The number of hydrogen-bond acceptors (Lipinski definition) is 1. The van der Waals surface area contributed by atoms with E-state index < -0.39 is 0 Å². The molecule has 0 spiro atoms. The molecule has 2 nitrogen and oxygen atoms in total. The largest absolute Gasteiger partial charge is 0.337 e. The van der Waals surface area contributed by atoms with Gasteiger partial charge >= 0.3 is 0 Å². The molecule has 0 aliphatic heterocycles. The summed E-state index contributed by atoms with van der Waals surface area (Å²) in [5, 5.41) is 0. The highest BCUT2D eigenvalue weighted by molar-refractivity contribution is 7.71. The van der Waals surface area contributed by atoms with Crippen LogP contribution in [0.1, 0.15) is 11.3 Å². The van der Waals surface area contributed by atoms with Crippen molar-refractivity contribution in [1.82, 2.24) is 9.55 Å². The summed E-state index contributed by atoms with van der Waals surface area (Å²) in [5.74, 6) is -0.243. The molecule has 78 valence electrons. The summed E-state index contributed by atoms with van der Waals surface area (Å²) in [6.45, 7) is 3.78. The summed E-state index contributed by atoms with van der Waals surface area (Å²) in [6.07, 6.45) is 1.81. The lowest BCUT2D eigenvalue weighted by atomic mass is 10.2. The molecule has 0 atom stereocenters. The Hall–Kier alpha value is -1.42.